The number of carbonyl (C=O) groups excluding carboxylic acids is 1. The van der Waals surface area contributed by atoms with Crippen LogP contribution in [-0.4, -0.2) is 18.6 Å². The third kappa shape index (κ3) is 5.20. The summed E-state index contributed by atoms with van der Waals surface area (Å²) in [6.07, 6.45) is 3.31. The highest BCUT2D eigenvalue weighted by atomic mass is 16.5. The van der Waals surface area contributed by atoms with E-state index < -0.39 is 0 Å². The predicted octanol–water partition coefficient (Wildman–Crippen LogP) is 2.62. The molecule has 0 aromatic heterocycles. The van der Waals surface area contributed by atoms with Crippen LogP contribution in [0, 0.1) is 0 Å². The number of ether oxygens (including phenoxy) is 1. The Morgan fingerprint density at radius 1 is 1.24 bits per heavy atom. The molecule has 0 spiro atoms. The number of amides is 1. The zero-order valence-corrected chi connectivity index (χ0v) is 10.8. The van der Waals surface area contributed by atoms with Crippen molar-refractivity contribution in [2.24, 2.45) is 0 Å². The molecular weight excluding hydrogens is 214 g/mol. The molecule has 92 valence electrons. The van der Waals surface area contributed by atoms with Gasteiger partial charge in [0.25, 0.3) is 0 Å². The molecule has 1 aromatic carbocycles. The molecule has 1 aromatic rings. The molecule has 0 saturated carbocycles. The Morgan fingerprint density at radius 3 is 2.29 bits per heavy atom. The smallest absolute Gasteiger partial charge is 0.244 e. The maximum Gasteiger partial charge on any atom is 0.244 e. The molecule has 0 unspecified atom stereocenters. The van der Waals surface area contributed by atoms with E-state index in [9.17, 15) is 4.79 Å². The number of benzene rings is 1. The average molecular weight is 233 g/mol. The molecule has 1 rings (SSSR count). The lowest BCUT2D eigenvalue weighted by Gasteiger charge is -2.18. The third-order valence-electron chi connectivity index (χ3n) is 2.04. The van der Waals surface area contributed by atoms with Gasteiger partial charge in [-0.3, -0.25) is 4.79 Å². The first kappa shape index (κ1) is 13.3. The Bertz CT molecular complexity index is 399. The minimum absolute atomic E-state index is 0.0895. The Morgan fingerprint density at radius 2 is 1.82 bits per heavy atom. The summed E-state index contributed by atoms with van der Waals surface area (Å²) in [6.45, 7) is 5.85. The van der Waals surface area contributed by atoms with Crippen molar-refractivity contribution in [1.82, 2.24) is 5.32 Å². The molecule has 0 radical (unpaired) electrons. The lowest BCUT2D eigenvalue weighted by molar-refractivity contribution is -0.117. The van der Waals surface area contributed by atoms with Crippen molar-refractivity contribution < 1.29 is 9.53 Å². The molecule has 0 saturated heterocycles. The largest absolute Gasteiger partial charge is 0.497 e. The SMILES string of the molecule is COc1ccc(/C=C\C(=O)NC(C)(C)C)cc1. The lowest BCUT2D eigenvalue weighted by Crippen LogP contribution is -2.39. The fourth-order valence-electron chi connectivity index (χ4n) is 1.30. The van der Waals surface area contributed by atoms with Gasteiger partial charge in [0.05, 0.1) is 7.11 Å². The van der Waals surface area contributed by atoms with Crippen molar-refractivity contribution in [3.05, 3.63) is 35.9 Å². The van der Waals surface area contributed by atoms with Gasteiger partial charge in [-0.25, -0.2) is 0 Å². The number of hydrogen-bond acceptors (Lipinski definition) is 2. The van der Waals surface area contributed by atoms with Gasteiger partial charge < -0.3 is 10.1 Å². The monoisotopic (exact) mass is 233 g/mol. The lowest BCUT2D eigenvalue weighted by atomic mass is 10.1. The topological polar surface area (TPSA) is 38.3 Å². The van der Waals surface area contributed by atoms with Gasteiger partial charge in [-0.05, 0) is 44.5 Å². The Balaban J connectivity index is 2.61. The van der Waals surface area contributed by atoms with Crippen LogP contribution in [0.3, 0.4) is 0 Å². The van der Waals surface area contributed by atoms with Crippen LogP contribution in [0.1, 0.15) is 26.3 Å². The van der Waals surface area contributed by atoms with Crippen LogP contribution >= 0.6 is 0 Å². The Hall–Kier alpha value is -1.77. The first-order valence-electron chi connectivity index (χ1n) is 5.55. The van der Waals surface area contributed by atoms with E-state index in [0.29, 0.717) is 0 Å². The van der Waals surface area contributed by atoms with Crippen LogP contribution in [0.5, 0.6) is 5.75 Å². The molecular formula is C14H19NO2. The quantitative estimate of drug-likeness (QED) is 0.815. The predicted molar refractivity (Wildman–Crippen MR) is 69.9 cm³/mol. The molecule has 0 heterocycles. The first-order valence-corrected chi connectivity index (χ1v) is 5.55. The Kier molecular flexibility index (Phi) is 4.32. The van der Waals surface area contributed by atoms with E-state index in [0.717, 1.165) is 11.3 Å². The molecule has 3 nitrogen and oxygen atoms in total. The maximum atomic E-state index is 11.5. The number of hydrogen-bond donors (Lipinski definition) is 1. The molecule has 0 atom stereocenters. The summed E-state index contributed by atoms with van der Waals surface area (Å²) < 4.78 is 5.06. The van der Waals surface area contributed by atoms with E-state index in [2.05, 4.69) is 5.32 Å². The molecule has 0 aliphatic carbocycles. The second kappa shape index (κ2) is 5.53. The fraction of sp³-hybridized carbons (Fsp3) is 0.357. The van der Waals surface area contributed by atoms with E-state index in [1.54, 1.807) is 13.2 Å². The average Bonchev–Trinajstić information content (AvgIpc) is 2.25. The number of nitrogens with one attached hydrogen (secondary N) is 1. The van der Waals surface area contributed by atoms with E-state index in [4.69, 9.17) is 4.74 Å². The second-order valence-corrected chi connectivity index (χ2v) is 4.85. The summed E-state index contributed by atoms with van der Waals surface area (Å²) in [5.41, 5.74) is 0.760. The normalized spacial score (nSPS) is 11.5. The standard InChI is InChI=1S/C14H19NO2/c1-14(2,3)15-13(16)10-7-11-5-8-12(17-4)9-6-11/h5-10H,1-4H3,(H,15,16)/b10-7-. The summed E-state index contributed by atoms with van der Waals surface area (Å²) in [4.78, 5) is 11.5. The van der Waals surface area contributed by atoms with Gasteiger partial charge in [0.1, 0.15) is 5.75 Å². The minimum atomic E-state index is -0.207. The highest BCUT2D eigenvalue weighted by Crippen LogP contribution is 2.12. The van der Waals surface area contributed by atoms with E-state index >= 15 is 0 Å². The van der Waals surface area contributed by atoms with Crippen molar-refractivity contribution in [2.75, 3.05) is 7.11 Å². The number of rotatable bonds is 3. The van der Waals surface area contributed by atoms with Crippen LogP contribution in [0.4, 0.5) is 0 Å². The van der Waals surface area contributed by atoms with E-state index in [1.807, 2.05) is 45.0 Å². The number of carbonyl (C=O) groups is 1. The van der Waals surface area contributed by atoms with Gasteiger partial charge in [-0.15, -0.1) is 0 Å². The van der Waals surface area contributed by atoms with Gasteiger partial charge >= 0.3 is 0 Å². The van der Waals surface area contributed by atoms with Gasteiger partial charge in [0.2, 0.25) is 5.91 Å². The molecule has 0 aliphatic rings. The van der Waals surface area contributed by atoms with Crippen molar-refractivity contribution in [2.45, 2.75) is 26.3 Å². The maximum absolute atomic E-state index is 11.5. The summed E-state index contributed by atoms with van der Waals surface area (Å²) in [7, 11) is 1.63. The van der Waals surface area contributed by atoms with Crippen molar-refractivity contribution in [3.63, 3.8) is 0 Å². The summed E-state index contributed by atoms with van der Waals surface area (Å²) >= 11 is 0. The van der Waals surface area contributed by atoms with E-state index in [1.165, 1.54) is 6.08 Å². The summed E-state index contributed by atoms with van der Waals surface area (Å²) in [5, 5.41) is 2.86. The van der Waals surface area contributed by atoms with Crippen LogP contribution in [-0.2, 0) is 4.79 Å². The molecule has 1 N–H and O–H groups in total. The van der Waals surface area contributed by atoms with Gasteiger partial charge in [0.15, 0.2) is 0 Å². The molecule has 0 fully saturated rings. The molecule has 1 amide bonds. The Labute approximate surface area is 102 Å². The molecule has 17 heavy (non-hydrogen) atoms. The summed E-state index contributed by atoms with van der Waals surface area (Å²) in [6, 6.07) is 7.53. The van der Waals surface area contributed by atoms with Gasteiger partial charge in [-0.2, -0.15) is 0 Å². The molecule has 0 aliphatic heterocycles. The van der Waals surface area contributed by atoms with E-state index in [-0.39, 0.29) is 11.4 Å². The molecule has 0 bridgehead atoms. The van der Waals surface area contributed by atoms with Crippen molar-refractivity contribution in [1.29, 1.82) is 0 Å². The fourth-order valence-corrected chi connectivity index (χ4v) is 1.30. The van der Waals surface area contributed by atoms with Crippen molar-refractivity contribution in [3.8, 4) is 5.75 Å². The summed E-state index contributed by atoms with van der Waals surface area (Å²) in [5.74, 6) is 0.717. The van der Waals surface area contributed by atoms with Crippen LogP contribution in [0.2, 0.25) is 0 Å². The van der Waals surface area contributed by atoms with Crippen LogP contribution < -0.4 is 10.1 Å². The second-order valence-electron chi connectivity index (χ2n) is 4.85. The van der Waals surface area contributed by atoms with Gasteiger partial charge in [-0.1, -0.05) is 12.1 Å². The number of methoxy groups -OCH3 is 1. The zero-order valence-electron chi connectivity index (χ0n) is 10.8. The third-order valence-corrected chi connectivity index (χ3v) is 2.04. The highest BCUT2D eigenvalue weighted by molar-refractivity contribution is 5.92. The van der Waals surface area contributed by atoms with Crippen LogP contribution in [0.15, 0.2) is 30.3 Å². The zero-order chi connectivity index (χ0) is 12.9. The minimum Gasteiger partial charge on any atom is -0.497 e. The highest BCUT2D eigenvalue weighted by Gasteiger charge is 2.10. The molecule has 3 heteroatoms. The van der Waals surface area contributed by atoms with Gasteiger partial charge in [0, 0.05) is 11.6 Å². The van der Waals surface area contributed by atoms with Crippen LogP contribution in [0.25, 0.3) is 6.08 Å². The first-order chi connectivity index (χ1) is 7.90. The van der Waals surface area contributed by atoms with Crippen molar-refractivity contribution >= 4 is 12.0 Å².